The summed E-state index contributed by atoms with van der Waals surface area (Å²) in [5.41, 5.74) is 12.3. The van der Waals surface area contributed by atoms with Crippen molar-refractivity contribution in [2.45, 2.75) is 25.8 Å². The lowest BCUT2D eigenvalue weighted by Crippen LogP contribution is -2.55. The van der Waals surface area contributed by atoms with Crippen LogP contribution in [0.5, 0.6) is 0 Å². The Hall–Kier alpha value is -3.81. The van der Waals surface area contributed by atoms with Gasteiger partial charge in [-0.25, -0.2) is 0 Å². The SMILES string of the molecule is Cc1cc2c(C(N)=O)cccn2c1C1NC2=C(NC=CC=C2)C(NCc2ccccc2)N1. The molecule has 3 aromatic rings. The van der Waals surface area contributed by atoms with Crippen LogP contribution in [0.1, 0.15) is 33.3 Å². The predicted molar refractivity (Wildman–Crippen MR) is 125 cm³/mol. The van der Waals surface area contributed by atoms with E-state index in [2.05, 4.69) is 46.4 Å². The number of hydrogen-bond donors (Lipinski definition) is 5. The maximum Gasteiger partial charge on any atom is 0.250 e. The fraction of sp³-hybridized carbons (Fsp3) is 0.160. The molecule has 6 N–H and O–H groups in total. The number of nitrogens with two attached hydrogens (primary N) is 1. The summed E-state index contributed by atoms with van der Waals surface area (Å²) in [6.07, 6.45) is 9.64. The normalized spacial score (nSPS) is 19.9. The summed E-state index contributed by atoms with van der Waals surface area (Å²) in [5, 5.41) is 14.3. The summed E-state index contributed by atoms with van der Waals surface area (Å²) in [6.45, 7) is 2.77. The molecule has 32 heavy (non-hydrogen) atoms. The van der Waals surface area contributed by atoms with Crippen LogP contribution < -0.4 is 27.0 Å². The van der Waals surface area contributed by atoms with E-state index in [-0.39, 0.29) is 12.3 Å². The quantitative estimate of drug-likeness (QED) is 0.432. The van der Waals surface area contributed by atoms with Gasteiger partial charge in [-0.3, -0.25) is 15.4 Å². The monoisotopic (exact) mass is 426 g/mol. The fourth-order valence-corrected chi connectivity index (χ4v) is 4.37. The molecule has 0 aliphatic carbocycles. The van der Waals surface area contributed by atoms with Gasteiger partial charge in [-0.2, -0.15) is 0 Å². The highest BCUT2D eigenvalue weighted by atomic mass is 16.1. The van der Waals surface area contributed by atoms with Gasteiger partial charge in [-0.05, 0) is 48.4 Å². The van der Waals surface area contributed by atoms with Gasteiger partial charge < -0.3 is 20.8 Å². The number of carbonyl (C=O) groups excluding carboxylic acids is 1. The molecular formula is C25H26N6O. The molecule has 0 saturated carbocycles. The third kappa shape index (κ3) is 3.68. The average molecular weight is 427 g/mol. The first-order valence-corrected chi connectivity index (χ1v) is 10.7. The number of carbonyl (C=O) groups is 1. The maximum absolute atomic E-state index is 11.9. The van der Waals surface area contributed by atoms with Crippen molar-refractivity contribution in [3.05, 3.63) is 113 Å². The Bertz CT molecular complexity index is 1250. The number of aromatic nitrogens is 1. The minimum atomic E-state index is -0.432. The van der Waals surface area contributed by atoms with Gasteiger partial charge in [0.25, 0.3) is 5.91 Å². The van der Waals surface area contributed by atoms with Gasteiger partial charge in [0.1, 0.15) is 12.3 Å². The Kier molecular flexibility index (Phi) is 5.26. The summed E-state index contributed by atoms with van der Waals surface area (Å²) in [6, 6.07) is 16.0. The third-order valence-corrected chi connectivity index (χ3v) is 5.86. The van der Waals surface area contributed by atoms with Gasteiger partial charge in [-0.1, -0.05) is 36.4 Å². The molecule has 4 heterocycles. The summed E-state index contributed by atoms with van der Waals surface area (Å²) in [7, 11) is 0. The van der Waals surface area contributed by atoms with Crippen molar-refractivity contribution >= 4 is 11.4 Å². The minimum absolute atomic E-state index is 0.117. The van der Waals surface area contributed by atoms with Crippen LogP contribution in [-0.4, -0.2) is 16.5 Å². The number of benzene rings is 1. The first kappa shape index (κ1) is 20.1. The molecule has 0 radical (unpaired) electrons. The molecule has 2 unspecified atom stereocenters. The second-order valence-electron chi connectivity index (χ2n) is 7.99. The van der Waals surface area contributed by atoms with E-state index < -0.39 is 5.91 Å². The number of amides is 1. The van der Waals surface area contributed by atoms with E-state index in [0.717, 1.165) is 34.7 Å². The lowest BCUT2D eigenvalue weighted by atomic mass is 10.1. The molecule has 2 atom stereocenters. The molecule has 5 rings (SSSR count). The van der Waals surface area contributed by atoms with Gasteiger partial charge in [0, 0.05) is 18.9 Å². The fourth-order valence-electron chi connectivity index (χ4n) is 4.37. The zero-order valence-electron chi connectivity index (χ0n) is 17.8. The number of allylic oxidation sites excluding steroid dienone is 3. The first-order valence-electron chi connectivity index (χ1n) is 10.7. The molecule has 2 aliphatic rings. The number of fused-ring (bicyclic) bond motifs is 1. The molecular weight excluding hydrogens is 400 g/mol. The Morgan fingerprint density at radius 1 is 1.16 bits per heavy atom. The summed E-state index contributed by atoms with van der Waals surface area (Å²) in [5.74, 6) is -0.432. The number of nitrogens with zero attached hydrogens (tertiary/aromatic N) is 1. The van der Waals surface area contributed by atoms with Gasteiger partial charge in [-0.15, -0.1) is 0 Å². The van der Waals surface area contributed by atoms with Crippen LogP contribution in [0.4, 0.5) is 0 Å². The summed E-state index contributed by atoms with van der Waals surface area (Å²) < 4.78 is 2.03. The van der Waals surface area contributed by atoms with Crippen molar-refractivity contribution in [2.75, 3.05) is 0 Å². The van der Waals surface area contributed by atoms with Crippen LogP contribution in [0.2, 0.25) is 0 Å². The van der Waals surface area contributed by atoms with Gasteiger partial charge >= 0.3 is 0 Å². The molecule has 7 nitrogen and oxygen atoms in total. The predicted octanol–water partition coefficient (Wildman–Crippen LogP) is 2.54. The van der Waals surface area contributed by atoms with E-state index in [1.165, 1.54) is 5.56 Å². The highest BCUT2D eigenvalue weighted by Crippen LogP contribution is 2.28. The third-order valence-electron chi connectivity index (χ3n) is 5.86. The number of aryl methyl sites for hydroxylation is 1. The van der Waals surface area contributed by atoms with Crippen LogP contribution in [0.15, 0.2) is 90.5 Å². The Labute approximate surface area is 186 Å². The van der Waals surface area contributed by atoms with Crippen molar-refractivity contribution in [1.82, 2.24) is 25.7 Å². The number of pyridine rings is 1. The summed E-state index contributed by atoms with van der Waals surface area (Å²) >= 11 is 0. The van der Waals surface area contributed by atoms with Gasteiger partial charge in [0.05, 0.1) is 28.2 Å². The van der Waals surface area contributed by atoms with Crippen molar-refractivity contribution in [3.63, 3.8) is 0 Å². The van der Waals surface area contributed by atoms with Crippen molar-refractivity contribution < 1.29 is 4.79 Å². The zero-order valence-corrected chi connectivity index (χ0v) is 17.8. The molecule has 1 amide bonds. The highest BCUT2D eigenvalue weighted by molar-refractivity contribution is 5.99. The van der Waals surface area contributed by atoms with Crippen molar-refractivity contribution in [1.29, 1.82) is 0 Å². The summed E-state index contributed by atoms with van der Waals surface area (Å²) in [4.78, 5) is 11.9. The van der Waals surface area contributed by atoms with Crippen LogP contribution in [-0.2, 0) is 6.54 Å². The topological polar surface area (TPSA) is 95.6 Å². The van der Waals surface area contributed by atoms with E-state index in [0.29, 0.717) is 5.56 Å². The Morgan fingerprint density at radius 2 is 2.00 bits per heavy atom. The maximum atomic E-state index is 11.9. The molecule has 2 aliphatic heterocycles. The van der Waals surface area contributed by atoms with Gasteiger partial charge in [0.15, 0.2) is 0 Å². The zero-order chi connectivity index (χ0) is 22.1. The minimum Gasteiger partial charge on any atom is -0.366 e. The van der Waals surface area contributed by atoms with Crippen LogP contribution >= 0.6 is 0 Å². The highest BCUT2D eigenvalue weighted by Gasteiger charge is 2.30. The second-order valence-corrected chi connectivity index (χ2v) is 7.99. The van der Waals surface area contributed by atoms with E-state index in [1.54, 1.807) is 6.07 Å². The molecule has 162 valence electrons. The number of nitrogens with one attached hydrogen (secondary N) is 4. The largest absolute Gasteiger partial charge is 0.366 e. The molecule has 0 fully saturated rings. The average Bonchev–Trinajstić information content (AvgIpc) is 2.96. The molecule has 2 aromatic heterocycles. The van der Waals surface area contributed by atoms with Crippen LogP contribution in [0.3, 0.4) is 0 Å². The first-order chi connectivity index (χ1) is 15.6. The Morgan fingerprint density at radius 3 is 2.81 bits per heavy atom. The molecule has 1 aromatic carbocycles. The van der Waals surface area contributed by atoms with E-state index in [9.17, 15) is 4.79 Å². The molecule has 0 bridgehead atoms. The van der Waals surface area contributed by atoms with Gasteiger partial charge in [0.2, 0.25) is 0 Å². The van der Waals surface area contributed by atoms with Crippen LogP contribution in [0.25, 0.3) is 5.52 Å². The Balaban J connectivity index is 1.52. The van der Waals surface area contributed by atoms with E-state index in [1.807, 2.05) is 59.3 Å². The smallest absolute Gasteiger partial charge is 0.250 e. The van der Waals surface area contributed by atoms with E-state index in [4.69, 9.17) is 5.73 Å². The number of hydrogen-bond acceptors (Lipinski definition) is 5. The lowest BCUT2D eigenvalue weighted by Gasteiger charge is -2.36. The standard InChI is InChI=1S/C25H26N6O/c1-16-14-20-18(23(26)32)10-7-13-31(20)22(16)25-29-19-11-5-6-12-27-21(19)24(30-25)28-15-17-8-3-2-4-9-17/h2-14,24-25,27-30H,15H2,1H3,(H2,26,32). The molecule has 0 spiro atoms. The van der Waals surface area contributed by atoms with Crippen LogP contribution in [0, 0.1) is 6.92 Å². The van der Waals surface area contributed by atoms with Crippen molar-refractivity contribution in [2.24, 2.45) is 5.73 Å². The molecule has 7 heteroatoms. The molecule has 0 saturated heterocycles. The second kappa shape index (κ2) is 8.37. The van der Waals surface area contributed by atoms with E-state index >= 15 is 0 Å². The van der Waals surface area contributed by atoms with Crippen molar-refractivity contribution in [3.8, 4) is 0 Å². The lowest BCUT2D eigenvalue weighted by molar-refractivity contribution is 0.100. The number of primary amides is 1. The number of rotatable bonds is 5.